The normalized spacial score (nSPS) is 10.2. The first-order valence-electron chi connectivity index (χ1n) is 5.71. The van der Waals surface area contributed by atoms with Crippen LogP contribution < -0.4 is 16.4 Å². The maximum Gasteiger partial charge on any atom is 0.324 e. The molecule has 0 bridgehead atoms. The molecule has 0 fully saturated rings. The minimum atomic E-state index is -0.467. The SMILES string of the molecule is Cc1cc(NC(=O)Nc2cc(Cl)ccc2Cl)ncc1N. The van der Waals surface area contributed by atoms with Crippen LogP contribution in [0, 0.1) is 6.92 Å². The number of amides is 2. The number of carbonyl (C=O) groups excluding carboxylic acids is 1. The van der Waals surface area contributed by atoms with Crippen LogP contribution in [0.4, 0.5) is 22.0 Å². The average Bonchev–Trinajstić information content (AvgIpc) is 2.38. The molecule has 7 heteroatoms. The molecule has 2 aromatic rings. The molecule has 0 aliphatic heterocycles. The monoisotopic (exact) mass is 310 g/mol. The van der Waals surface area contributed by atoms with E-state index < -0.39 is 6.03 Å². The summed E-state index contributed by atoms with van der Waals surface area (Å²) in [6, 6.07) is 6.01. The van der Waals surface area contributed by atoms with E-state index in [2.05, 4.69) is 15.6 Å². The number of hydrogen-bond donors (Lipinski definition) is 3. The lowest BCUT2D eigenvalue weighted by Crippen LogP contribution is -2.20. The van der Waals surface area contributed by atoms with E-state index in [1.807, 2.05) is 6.92 Å². The lowest BCUT2D eigenvalue weighted by Gasteiger charge is -2.09. The van der Waals surface area contributed by atoms with Gasteiger partial charge >= 0.3 is 6.03 Å². The van der Waals surface area contributed by atoms with Gasteiger partial charge < -0.3 is 11.1 Å². The van der Waals surface area contributed by atoms with Crippen LogP contribution in [0.3, 0.4) is 0 Å². The zero-order chi connectivity index (χ0) is 14.7. The fourth-order valence-corrected chi connectivity index (χ4v) is 1.84. The summed E-state index contributed by atoms with van der Waals surface area (Å²) >= 11 is 11.8. The second-order valence-corrected chi connectivity index (χ2v) is 4.97. The number of nitrogens with two attached hydrogens (primary N) is 1. The van der Waals surface area contributed by atoms with Crippen LogP contribution in [0.2, 0.25) is 10.0 Å². The number of aryl methyl sites for hydroxylation is 1. The first kappa shape index (κ1) is 14.4. The second kappa shape index (κ2) is 5.98. The molecule has 4 N–H and O–H groups in total. The Balaban J connectivity index is 2.09. The van der Waals surface area contributed by atoms with Crippen LogP contribution in [0.5, 0.6) is 0 Å². The highest BCUT2D eigenvalue weighted by Gasteiger charge is 2.08. The van der Waals surface area contributed by atoms with Gasteiger partial charge in [0.15, 0.2) is 0 Å². The highest BCUT2D eigenvalue weighted by atomic mass is 35.5. The average molecular weight is 311 g/mol. The maximum absolute atomic E-state index is 11.8. The van der Waals surface area contributed by atoms with Crippen LogP contribution in [-0.4, -0.2) is 11.0 Å². The summed E-state index contributed by atoms with van der Waals surface area (Å²) < 4.78 is 0. The number of urea groups is 1. The Morgan fingerprint density at radius 3 is 2.70 bits per heavy atom. The molecule has 0 aliphatic rings. The van der Waals surface area contributed by atoms with Crippen LogP contribution in [0.15, 0.2) is 30.5 Å². The molecule has 1 heterocycles. The number of benzene rings is 1. The van der Waals surface area contributed by atoms with E-state index in [1.165, 1.54) is 6.20 Å². The molecule has 2 amide bonds. The summed E-state index contributed by atoms with van der Waals surface area (Å²) in [5, 5.41) is 6.05. The minimum absolute atomic E-state index is 0.394. The Morgan fingerprint density at radius 2 is 2.00 bits per heavy atom. The number of hydrogen-bond acceptors (Lipinski definition) is 3. The summed E-state index contributed by atoms with van der Waals surface area (Å²) in [7, 11) is 0. The molecule has 1 aromatic heterocycles. The number of rotatable bonds is 2. The molecule has 5 nitrogen and oxygen atoms in total. The highest BCUT2D eigenvalue weighted by molar-refractivity contribution is 6.35. The number of pyridine rings is 1. The largest absolute Gasteiger partial charge is 0.397 e. The van der Waals surface area contributed by atoms with E-state index in [0.29, 0.717) is 27.2 Å². The van der Waals surface area contributed by atoms with E-state index in [-0.39, 0.29) is 0 Å². The van der Waals surface area contributed by atoms with Crippen molar-refractivity contribution < 1.29 is 4.79 Å². The Kier molecular flexibility index (Phi) is 4.32. The third kappa shape index (κ3) is 3.53. The zero-order valence-electron chi connectivity index (χ0n) is 10.6. The van der Waals surface area contributed by atoms with Gasteiger partial charge in [-0.1, -0.05) is 23.2 Å². The van der Waals surface area contributed by atoms with Crippen LogP contribution in [-0.2, 0) is 0 Å². The van der Waals surface area contributed by atoms with Crippen LogP contribution >= 0.6 is 23.2 Å². The van der Waals surface area contributed by atoms with E-state index in [1.54, 1.807) is 24.3 Å². The molecule has 0 saturated carbocycles. The minimum Gasteiger partial charge on any atom is -0.397 e. The molecule has 0 radical (unpaired) electrons. The fraction of sp³-hybridized carbons (Fsp3) is 0.0769. The quantitative estimate of drug-likeness (QED) is 0.786. The van der Waals surface area contributed by atoms with Crippen molar-refractivity contribution >= 4 is 46.4 Å². The summed E-state index contributed by atoms with van der Waals surface area (Å²) in [4.78, 5) is 15.9. The van der Waals surface area contributed by atoms with Crippen molar-refractivity contribution in [2.75, 3.05) is 16.4 Å². The van der Waals surface area contributed by atoms with Gasteiger partial charge in [-0.3, -0.25) is 5.32 Å². The van der Waals surface area contributed by atoms with Crippen LogP contribution in [0.1, 0.15) is 5.56 Å². The van der Waals surface area contributed by atoms with Crippen molar-refractivity contribution in [3.05, 3.63) is 46.1 Å². The summed E-state index contributed by atoms with van der Waals surface area (Å²) in [5.41, 5.74) is 7.47. The summed E-state index contributed by atoms with van der Waals surface area (Å²) in [6.45, 7) is 1.83. The highest BCUT2D eigenvalue weighted by Crippen LogP contribution is 2.25. The summed E-state index contributed by atoms with van der Waals surface area (Å²) in [6.07, 6.45) is 1.48. The van der Waals surface area contributed by atoms with Gasteiger partial charge in [0.05, 0.1) is 22.6 Å². The van der Waals surface area contributed by atoms with E-state index in [0.717, 1.165) is 5.56 Å². The number of aromatic nitrogens is 1. The van der Waals surface area contributed by atoms with Gasteiger partial charge in [0, 0.05) is 5.02 Å². The molecule has 104 valence electrons. The number of anilines is 3. The number of nitrogens with one attached hydrogen (secondary N) is 2. The first-order valence-corrected chi connectivity index (χ1v) is 6.46. The third-order valence-corrected chi connectivity index (χ3v) is 3.13. The van der Waals surface area contributed by atoms with Crippen molar-refractivity contribution in [1.82, 2.24) is 4.98 Å². The molecule has 1 aromatic carbocycles. The molecule has 0 atom stereocenters. The molecule has 2 rings (SSSR count). The van der Waals surface area contributed by atoms with Gasteiger partial charge in [0.1, 0.15) is 5.82 Å². The zero-order valence-corrected chi connectivity index (χ0v) is 12.1. The van der Waals surface area contributed by atoms with Crippen molar-refractivity contribution in [2.24, 2.45) is 0 Å². The second-order valence-electron chi connectivity index (χ2n) is 4.13. The van der Waals surface area contributed by atoms with E-state index in [4.69, 9.17) is 28.9 Å². The maximum atomic E-state index is 11.8. The topological polar surface area (TPSA) is 80.0 Å². The summed E-state index contributed by atoms with van der Waals surface area (Å²) in [5.74, 6) is 0.396. The molecule has 20 heavy (non-hydrogen) atoms. The Hall–Kier alpha value is -1.98. The van der Waals surface area contributed by atoms with Gasteiger partial charge in [-0.05, 0) is 36.8 Å². The van der Waals surface area contributed by atoms with E-state index >= 15 is 0 Å². The van der Waals surface area contributed by atoms with Gasteiger partial charge in [0.25, 0.3) is 0 Å². The Bertz CT molecular complexity index is 661. The Labute approximate surface area is 126 Å². The van der Waals surface area contributed by atoms with Gasteiger partial charge in [-0.15, -0.1) is 0 Å². The number of carbonyl (C=O) groups is 1. The van der Waals surface area contributed by atoms with Crippen molar-refractivity contribution in [3.8, 4) is 0 Å². The first-order chi connectivity index (χ1) is 9.45. The molecular formula is C13H12Cl2N4O. The molecule has 0 aliphatic carbocycles. The van der Waals surface area contributed by atoms with E-state index in [9.17, 15) is 4.79 Å². The Morgan fingerprint density at radius 1 is 1.25 bits per heavy atom. The number of halogens is 2. The standard InChI is InChI=1S/C13H12Cl2N4O/c1-7-4-12(17-6-10(7)16)19-13(20)18-11-5-8(14)2-3-9(11)15/h2-6H,16H2,1H3,(H2,17,18,19,20). The lowest BCUT2D eigenvalue weighted by atomic mass is 10.2. The predicted molar refractivity (Wildman–Crippen MR) is 82.5 cm³/mol. The van der Waals surface area contributed by atoms with Crippen molar-refractivity contribution in [3.63, 3.8) is 0 Å². The van der Waals surface area contributed by atoms with Gasteiger partial charge in [0.2, 0.25) is 0 Å². The molecule has 0 saturated heterocycles. The fourth-order valence-electron chi connectivity index (χ4n) is 1.50. The van der Waals surface area contributed by atoms with Gasteiger partial charge in [-0.25, -0.2) is 9.78 Å². The molecule has 0 unspecified atom stereocenters. The number of nitrogen functional groups attached to an aromatic ring is 1. The third-order valence-electron chi connectivity index (χ3n) is 2.57. The smallest absolute Gasteiger partial charge is 0.324 e. The van der Waals surface area contributed by atoms with Crippen molar-refractivity contribution in [1.29, 1.82) is 0 Å². The molecular weight excluding hydrogens is 299 g/mol. The lowest BCUT2D eigenvalue weighted by molar-refractivity contribution is 0.262. The van der Waals surface area contributed by atoms with Crippen molar-refractivity contribution in [2.45, 2.75) is 6.92 Å². The predicted octanol–water partition coefficient (Wildman–Crippen LogP) is 3.92. The number of nitrogens with zero attached hydrogens (tertiary/aromatic N) is 1. The van der Waals surface area contributed by atoms with Gasteiger partial charge in [-0.2, -0.15) is 0 Å². The van der Waals surface area contributed by atoms with Crippen LogP contribution in [0.25, 0.3) is 0 Å². The molecule has 0 spiro atoms.